The van der Waals surface area contributed by atoms with Gasteiger partial charge in [-0.1, -0.05) is 127 Å². The van der Waals surface area contributed by atoms with Gasteiger partial charge in [-0.3, -0.25) is 0 Å². The quantitative estimate of drug-likeness (QED) is 0.160. The molecule has 2 saturated heterocycles. The summed E-state index contributed by atoms with van der Waals surface area (Å²) in [5, 5.41) is 2.63. The molecule has 2 fully saturated rings. The van der Waals surface area contributed by atoms with E-state index in [1.165, 1.54) is 64.4 Å². The van der Waals surface area contributed by atoms with Crippen LogP contribution in [0.25, 0.3) is 39.5 Å². The minimum Gasteiger partial charge on any atom is -0.378 e. The van der Waals surface area contributed by atoms with E-state index in [2.05, 4.69) is 149 Å². The fourth-order valence-corrected chi connectivity index (χ4v) is 9.46. The first-order chi connectivity index (χ1) is 24.3. The second kappa shape index (κ2) is 15.0. The van der Waals surface area contributed by atoms with Crippen molar-refractivity contribution in [2.45, 2.75) is 0 Å². The van der Waals surface area contributed by atoms with Gasteiger partial charge in [-0.2, -0.15) is 0 Å². The number of morpholine rings is 2. The van der Waals surface area contributed by atoms with Crippen molar-refractivity contribution in [3.05, 3.63) is 154 Å². The molecule has 49 heavy (non-hydrogen) atoms. The third-order valence-electron chi connectivity index (χ3n) is 9.18. The fourth-order valence-electron chi connectivity index (χ4n) is 6.84. The lowest BCUT2D eigenvalue weighted by Gasteiger charge is -2.29. The van der Waals surface area contributed by atoms with Crippen LogP contribution in [-0.4, -0.2) is 62.2 Å². The molecule has 0 atom stereocenters. The van der Waals surface area contributed by atoms with Gasteiger partial charge in [0.25, 0.3) is 0 Å². The number of allylic oxidation sites excluding steroid dienone is 3. The molecule has 3 aliphatic heterocycles. The van der Waals surface area contributed by atoms with Crippen molar-refractivity contribution in [3.63, 3.8) is 0 Å². The molecule has 0 saturated carbocycles. The summed E-state index contributed by atoms with van der Waals surface area (Å²) in [5.74, 6) is 0. The number of hydrogen-bond donors (Lipinski definition) is 0. The number of rotatable bonds is 7. The first kappa shape index (κ1) is 31.8. The number of thioether (sulfide) groups is 1. The molecule has 0 spiro atoms. The Morgan fingerprint density at radius 2 is 1.08 bits per heavy atom. The number of hydrogen-bond acceptors (Lipinski definition) is 5. The van der Waals surface area contributed by atoms with E-state index in [9.17, 15) is 0 Å². The Kier molecular flexibility index (Phi) is 9.71. The molecule has 3 aliphatic rings. The second-order valence-electron chi connectivity index (χ2n) is 12.2. The first-order valence-electron chi connectivity index (χ1n) is 17.1. The van der Waals surface area contributed by atoms with Crippen molar-refractivity contribution in [1.82, 2.24) is 0 Å². The fraction of sp³-hybridized carbons (Fsp3) is 0.186. The zero-order chi connectivity index (χ0) is 32.8. The van der Waals surface area contributed by atoms with Gasteiger partial charge >= 0.3 is 0 Å². The van der Waals surface area contributed by atoms with Crippen molar-refractivity contribution in [1.29, 1.82) is 0 Å². The van der Waals surface area contributed by atoms with E-state index >= 15 is 0 Å². The van der Waals surface area contributed by atoms with Gasteiger partial charge in [0.2, 0.25) is 5.04 Å². The molecule has 4 heterocycles. The van der Waals surface area contributed by atoms with E-state index < -0.39 is 0 Å². The molecule has 0 radical (unpaired) electrons. The standard InChI is InChI=1S/C43H39N2O2S2/c1-5-14-32(15-6-1)38-36(48-42(44-24-28-46-29-25-44)40(38)34-18-9-3-10-19-34)22-13-23-37-39(33-16-7-2-8-17-33)41(35-20-11-4-12-21-35)43(49-37)45-26-30-47-31-27-45/h1-23H,24-31H2/q+1. The number of anilines is 1. The molecule has 6 heteroatoms. The molecule has 244 valence electrons. The van der Waals surface area contributed by atoms with Gasteiger partial charge in [-0.15, -0.1) is 11.3 Å². The second-order valence-corrected chi connectivity index (χ2v) is 14.3. The van der Waals surface area contributed by atoms with Gasteiger partial charge in [0.1, 0.15) is 18.2 Å². The normalized spacial score (nSPS) is 17.9. The van der Waals surface area contributed by atoms with Crippen molar-refractivity contribution >= 4 is 50.4 Å². The van der Waals surface area contributed by atoms with Crippen molar-refractivity contribution < 1.29 is 14.0 Å². The minimum absolute atomic E-state index is 0.752. The van der Waals surface area contributed by atoms with E-state index in [0.717, 1.165) is 52.6 Å². The molecule has 8 rings (SSSR count). The number of nitrogens with zero attached hydrogens (tertiary/aromatic N) is 2. The number of ether oxygens (including phenoxy) is 2. The lowest BCUT2D eigenvalue weighted by atomic mass is 9.94. The van der Waals surface area contributed by atoms with Crippen LogP contribution in [0.15, 0.2) is 138 Å². The maximum absolute atomic E-state index is 5.77. The maximum atomic E-state index is 5.77. The molecular formula is C43H39N2O2S2+. The van der Waals surface area contributed by atoms with E-state index in [0.29, 0.717) is 0 Å². The third-order valence-corrected chi connectivity index (χ3v) is 11.6. The smallest absolute Gasteiger partial charge is 0.248 e. The Bertz CT molecular complexity index is 2020. The summed E-state index contributed by atoms with van der Waals surface area (Å²) < 4.78 is 14.1. The van der Waals surface area contributed by atoms with Crippen LogP contribution in [0, 0.1) is 0 Å². The molecule has 5 aromatic rings. The summed E-state index contributed by atoms with van der Waals surface area (Å²) in [7, 11) is 0. The Morgan fingerprint density at radius 3 is 1.67 bits per heavy atom. The Hall–Kier alpha value is -4.46. The third kappa shape index (κ3) is 6.75. The largest absolute Gasteiger partial charge is 0.378 e. The zero-order valence-electron chi connectivity index (χ0n) is 27.5. The average Bonchev–Trinajstić information content (AvgIpc) is 3.76. The molecule has 4 nitrogen and oxygen atoms in total. The topological polar surface area (TPSA) is 24.7 Å². The Morgan fingerprint density at radius 1 is 0.571 bits per heavy atom. The highest BCUT2D eigenvalue weighted by Crippen LogP contribution is 2.50. The monoisotopic (exact) mass is 679 g/mol. The van der Waals surface area contributed by atoms with Gasteiger partial charge in [0.05, 0.1) is 18.8 Å². The van der Waals surface area contributed by atoms with Gasteiger partial charge in [-0.05, 0) is 46.2 Å². The number of benzene rings is 4. The highest BCUT2D eigenvalue weighted by atomic mass is 32.2. The zero-order valence-corrected chi connectivity index (χ0v) is 29.1. The van der Waals surface area contributed by atoms with E-state index in [-0.39, 0.29) is 0 Å². The van der Waals surface area contributed by atoms with Crippen LogP contribution in [0.4, 0.5) is 5.00 Å². The summed E-state index contributed by atoms with van der Waals surface area (Å²) in [5.41, 5.74) is 10.1. The summed E-state index contributed by atoms with van der Waals surface area (Å²) in [4.78, 5) is 5.03. The van der Waals surface area contributed by atoms with Crippen LogP contribution >= 0.6 is 23.1 Å². The first-order valence-corrected chi connectivity index (χ1v) is 18.7. The highest BCUT2D eigenvalue weighted by molar-refractivity contribution is 8.19. The summed E-state index contributed by atoms with van der Waals surface area (Å²) in [6.45, 7) is 6.59. The van der Waals surface area contributed by atoms with E-state index in [1.54, 1.807) is 0 Å². The van der Waals surface area contributed by atoms with E-state index in [4.69, 9.17) is 9.47 Å². The Labute approximate surface area is 297 Å². The van der Waals surface area contributed by atoms with Gasteiger partial charge in [0, 0.05) is 39.6 Å². The average molecular weight is 680 g/mol. The predicted molar refractivity (Wildman–Crippen MR) is 208 cm³/mol. The summed E-state index contributed by atoms with van der Waals surface area (Å²) in [6, 6.07) is 43.5. The molecule has 1 aromatic heterocycles. The predicted octanol–water partition coefficient (Wildman–Crippen LogP) is 9.61. The van der Waals surface area contributed by atoms with Gasteiger partial charge in [0.15, 0.2) is 13.1 Å². The van der Waals surface area contributed by atoms with Crippen molar-refractivity contribution in [3.8, 4) is 22.3 Å². The molecule has 0 unspecified atom stereocenters. The summed E-state index contributed by atoms with van der Waals surface area (Å²) >= 11 is 3.78. The van der Waals surface area contributed by atoms with E-state index in [1.807, 2.05) is 23.1 Å². The van der Waals surface area contributed by atoms with Crippen LogP contribution in [0.3, 0.4) is 0 Å². The van der Waals surface area contributed by atoms with Crippen LogP contribution in [0.5, 0.6) is 0 Å². The molecule has 0 aliphatic carbocycles. The van der Waals surface area contributed by atoms with Gasteiger partial charge < -0.3 is 14.4 Å². The van der Waals surface area contributed by atoms with Gasteiger partial charge in [-0.25, -0.2) is 4.58 Å². The maximum Gasteiger partial charge on any atom is 0.248 e. The molecule has 0 amide bonds. The lowest BCUT2D eigenvalue weighted by molar-refractivity contribution is -0.545. The van der Waals surface area contributed by atoms with Crippen molar-refractivity contribution in [2.75, 3.05) is 57.5 Å². The number of thiophene rings is 1. The van der Waals surface area contributed by atoms with Crippen molar-refractivity contribution in [2.24, 2.45) is 0 Å². The molecular weight excluding hydrogens is 641 g/mol. The highest BCUT2D eigenvalue weighted by Gasteiger charge is 2.36. The van der Waals surface area contributed by atoms with Crippen LogP contribution in [0.1, 0.15) is 16.0 Å². The Balaban J connectivity index is 1.29. The molecule has 0 N–H and O–H groups in total. The molecule has 0 bridgehead atoms. The minimum atomic E-state index is 0.752. The molecule has 4 aromatic carbocycles. The van der Waals surface area contributed by atoms with Crippen LogP contribution < -0.4 is 4.90 Å². The lowest BCUT2D eigenvalue weighted by Crippen LogP contribution is -2.35. The summed E-state index contributed by atoms with van der Waals surface area (Å²) in [6.07, 6.45) is 6.93. The SMILES string of the molecule is C(/C=C/c1sc(N2CCOCC2)c(-c2ccccc2)c1-c1ccccc1)=C1/SC(=[N+]2CCOCC2)C(c2ccccc2)=C1c1ccccc1. The van der Waals surface area contributed by atoms with Crippen LogP contribution in [0.2, 0.25) is 0 Å². The van der Waals surface area contributed by atoms with Crippen LogP contribution in [-0.2, 0) is 9.47 Å².